The van der Waals surface area contributed by atoms with Crippen molar-refractivity contribution < 1.29 is 13.5 Å². The third kappa shape index (κ3) is 7.53. The average Bonchev–Trinajstić information content (AvgIpc) is 2.75. The van der Waals surface area contributed by atoms with E-state index in [1.807, 2.05) is 36.4 Å². The summed E-state index contributed by atoms with van der Waals surface area (Å²) in [5, 5.41) is 0. The van der Waals surface area contributed by atoms with Gasteiger partial charge in [-0.15, -0.1) is 6.58 Å². The molecule has 0 saturated carbocycles. The van der Waals surface area contributed by atoms with E-state index in [1.54, 1.807) is 18.2 Å². The minimum absolute atomic E-state index is 0.238. The van der Waals surface area contributed by atoms with Crippen LogP contribution in [0.2, 0.25) is 0 Å². The van der Waals surface area contributed by atoms with E-state index < -0.39 is 11.6 Å². The lowest BCUT2D eigenvalue weighted by molar-refractivity contribution is 0.0566. The predicted octanol–water partition coefficient (Wildman–Crippen LogP) is 8.14. The summed E-state index contributed by atoms with van der Waals surface area (Å²) in [6, 6.07) is 10.7. The van der Waals surface area contributed by atoms with Crippen LogP contribution in [-0.4, -0.2) is 12.7 Å². The van der Waals surface area contributed by atoms with Gasteiger partial charge >= 0.3 is 0 Å². The van der Waals surface area contributed by atoms with Crippen LogP contribution in [0.4, 0.5) is 8.78 Å². The van der Waals surface area contributed by atoms with Gasteiger partial charge in [0.1, 0.15) is 0 Å². The van der Waals surface area contributed by atoms with Gasteiger partial charge in [-0.05, 0) is 50.2 Å². The van der Waals surface area contributed by atoms with E-state index in [4.69, 9.17) is 4.74 Å². The fourth-order valence-electron chi connectivity index (χ4n) is 3.36. The molecule has 30 heavy (non-hydrogen) atoms. The first kappa shape index (κ1) is 24.0. The maximum absolute atomic E-state index is 14.6. The molecule has 0 saturated heterocycles. The summed E-state index contributed by atoms with van der Waals surface area (Å²) < 4.78 is 34.9. The third-order valence-corrected chi connectivity index (χ3v) is 5.19. The van der Waals surface area contributed by atoms with Crippen molar-refractivity contribution in [3.05, 3.63) is 77.9 Å². The molecule has 0 bridgehead atoms. The molecule has 0 aromatic heterocycles. The Labute approximate surface area is 180 Å². The molecule has 2 rings (SSSR count). The largest absolute Gasteiger partial charge is 0.379 e. The molecule has 3 heteroatoms. The van der Waals surface area contributed by atoms with Crippen LogP contribution in [-0.2, 0) is 11.2 Å². The van der Waals surface area contributed by atoms with Crippen molar-refractivity contribution in [2.75, 3.05) is 6.61 Å². The SMILES string of the molecule is C=CCc1ccc(-c2ccc(C=CCCCC(C)OCCCCC)c(F)c2F)cc1. The Morgan fingerprint density at radius 2 is 1.77 bits per heavy atom. The van der Waals surface area contributed by atoms with Gasteiger partial charge in [-0.25, -0.2) is 8.78 Å². The van der Waals surface area contributed by atoms with Crippen LogP contribution >= 0.6 is 0 Å². The molecule has 2 aromatic carbocycles. The van der Waals surface area contributed by atoms with Crippen LogP contribution in [0.5, 0.6) is 0 Å². The van der Waals surface area contributed by atoms with Gasteiger partial charge < -0.3 is 4.74 Å². The first-order valence-electron chi connectivity index (χ1n) is 11.0. The molecule has 162 valence electrons. The summed E-state index contributed by atoms with van der Waals surface area (Å²) in [5.74, 6) is -1.60. The number of hydrogen-bond acceptors (Lipinski definition) is 1. The molecule has 0 fully saturated rings. The van der Waals surface area contributed by atoms with Crippen LogP contribution in [0.1, 0.15) is 63.5 Å². The van der Waals surface area contributed by atoms with Gasteiger partial charge in [0.15, 0.2) is 11.6 Å². The van der Waals surface area contributed by atoms with E-state index in [2.05, 4.69) is 20.4 Å². The van der Waals surface area contributed by atoms with Gasteiger partial charge in [-0.3, -0.25) is 0 Å². The lowest BCUT2D eigenvalue weighted by Crippen LogP contribution is -2.08. The second-order valence-electron chi connectivity index (χ2n) is 7.74. The monoisotopic (exact) mass is 412 g/mol. The Balaban J connectivity index is 1.88. The molecular formula is C27H34F2O. The van der Waals surface area contributed by atoms with E-state index in [1.165, 1.54) is 12.8 Å². The lowest BCUT2D eigenvalue weighted by atomic mass is 10.00. The van der Waals surface area contributed by atoms with Crippen LogP contribution in [0, 0.1) is 11.6 Å². The molecule has 0 aliphatic heterocycles. The van der Waals surface area contributed by atoms with Crippen molar-refractivity contribution in [3.8, 4) is 11.1 Å². The van der Waals surface area contributed by atoms with Gasteiger partial charge in [-0.2, -0.15) is 0 Å². The zero-order valence-electron chi connectivity index (χ0n) is 18.3. The summed E-state index contributed by atoms with van der Waals surface area (Å²) in [6.07, 6.45) is 12.6. The Morgan fingerprint density at radius 1 is 1.00 bits per heavy atom. The maximum atomic E-state index is 14.6. The maximum Gasteiger partial charge on any atom is 0.167 e. The highest BCUT2D eigenvalue weighted by atomic mass is 19.2. The number of halogens is 2. The standard InChI is InChI=1S/C27H34F2O/c1-4-6-10-20-30-21(3)12-8-7-9-13-24-18-19-25(27(29)26(24)28)23-16-14-22(11-5-2)15-17-23/h5,9,13-19,21H,2,4,6-8,10-12,20H2,1,3H3. The van der Waals surface area contributed by atoms with Crippen LogP contribution in [0.3, 0.4) is 0 Å². The van der Waals surface area contributed by atoms with Gasteiger partial charge in [0, 0.05) is 17.7 Å². The van der Waals surface area contributed by atoms with Gasteiger partial charge in [0.25, 0.3) is 0 Å². The predicted molar refractivity (Wildman–Crippen MR) is 124 cm³/mol. The topological polar surface area (TPSA) is 9.23 Å². The first-order chi connectivity index (χ1) is 14.6. The highest BCUT2D eigenvalue weighted by molar-refractivity contribution is 5.67. The molecule has 0 spiro atoms. The van der Waals surface area contributed by atoms with Crippen LogP contribution in [0.25, 0.3) is 17.2 Å². The van der Waals surface area contributed by atoms with Crippen molar-refractivity contribution in [2.45, 2.75) is 64.9 Å². The molecular weight excluding hydrogens is 378 g/mol. The summed E-state index contributed by atoms with van der Waals surface area (Å²) in [6.45, 7) is 8.80. The normalized spacial score (nSPS) is 12.4. The molecule has 0 heterocycles. The fourth-order valence-corrected chi connectivity index (χ4v) is 3.36. The van der Waals surface area contributed by atoms with E-state index >= 15 is 0 Å². The van der Waals surface area contributed by atoms with Crippen molar-refractivity contribution in [1.82, 2.24) is 0 Å². The Kier molecular flexibility index (Phi) is 10.5. The summed E-state index contributed by atoms with van der Waals surface area (Å²) >= 11 is 0. The number of hydrogen-bond donors (Lipinski definition) is 0. The Hall–Kier alpha value is -2.26. The summed E-state index contributed by atoms with van der Waals surface area (Å²) in [4.78, 5) is 0. The smallest absolute Gasteiger partial charge is 0.167 e. The van der Waals surface area contributed by atoms with Gasteiger partial charge in [0.2, 0.25) is 0 Å². The molecule has 0 amide bonds. The second-order valence-corrected chi connectivity index (χ2v) is 7.74. The number of benzene rings is 2. The zero-order valence-corrected chi connectivity index (χ0v) is 18.3. The molecule has 1 unspecified atom stereocenters. The minimum Gasteiger partial charge on any atom is -0.379 e. The highest BCUT2D eigenvalue weighted by Crippen LogP contribution is 2.27. The molecule has 0 N–H and O–H groups in total. The minimum atomic E-state index is -0.803. The number of unbranched alkanes of at least 4 members (excludes halogenated alkanes) is 3. The molecule has 2 aromatic rings. The Bertz CT molecular complexity index is 808. The second kappa shape index (κ2) is 13.1. The van der Waals surface area contributed by atoms with Gasteiger partial charge in [-0.1, -0.05) is 74.4 Å². The van der Waals surface area contributed by atoms with Crippen molar-refractivity contribution in [1.29, 1.82) is 0 Å². The highest BCUT2D eigenvalue weighted by Gasteiger charge is 2.13. The van der Waals surface area contributed by atoms with Crippen molar-refractivity contribution >= 4 is 6.08 Å². The molecule has 1 nitrogen and oxygen atoms in total. The van der Waals surface area contributed by atoms with E-state index in [-0.39, 0.29) is 17.2 Å². The number of ether oxygens (including phenoxy) is 1. The third-order valence-electron chi connectivity index (χ3n) is 5.19. The van der Waals surface area contributed by atoms with Gasteiger partial charge in [0.05, 0.1) is 6.10 Å². The van der Waals surface area contributed by atoms with Crippen molar-refractivity contribution in [3.63, 3.8) is 0 Å². The molecule has 0 aliphatic rings. The van der Waals surface area contributed by atoms with Crippen LogP contribution in [0.15, 0.2) is 55.1 Å². The van der Waals surface area contributed by atoms with Crippen LogP contribution < -0.4 is 0 Å². The first-order valence-corrected chi connectivity index (χ1v) is 11.0. The summed E-state index contributed by atoms with van der Waals surface area (Å²) in [7, 11) is 0. The molecule has 1 atom stereocenters. The van der Waals surface area contributed by atoms with E-state index in [0.717, 1.165) is 44.3 Å². The Morgan fingerprint density at radius 3 is 2.47 bits per heavy atom. The lowest BCUT2D eigenvalue weighted by Gasteiger charge is -2.12. The van der Waals surface area contributed by atoms with E-state index in [9.17, 15) is 8.78 Å². The zero-order chi connectivity index (χ0) is 21.8. The fraction of sp³-hybridized carbons (Fsp3) is 0.407. The number of allylic oxidation sites excluding steroid dienone is 2. The summed E-state index contributed by atoms with van der Waals surface area (Å²) in [5.41, 5.74) is 2.32. The average molecular weight is 413 g/mol. The quantitative estimate of drug-likeness (QED) is 0.238. The van der Waals surface area contributed by atoms with Crippen molar-refractivity contribution in [2.24, 2.45) is 0 Å². The van der Waals surface area contributed by atoms with E-state index in [0.29, 0.717) is 5.56 Å². The molecule has 0 aliphatic carbocycles. The molecule has 0 radical (unpaired) electrons. The number of rotatable bonds is 13.